The molecule has 1 aliphatic heterocycles. The first kappa shape index (κ1) is 35.0. The van der Waals surface area contributed by atoms with Crippen LogP contribution in [0, 0.1) is 12.7 Å². The minimum absolute atomic E-state index is 0. The highest BCUT2D eigenvalue weighted by atomic mass is 35.5. The lowest BCUT2D eigenvalue weighted by Gasteiger charge is -2.21. The molecule has 2 aliphatic rings. The van der Waals surface area contributed by atoms with Crippen molar-refractivity contribution in [2.24, 2.45) is 5.73 Å². The molecule has 0 bridgehead atoms. The van der Waals surface area contributed by atoms with Crippen LogP contribution in [0.3, 0.4) is 0 Å². The van der Waals surface area contributed by atoms with E-state index in [1.165, 1.54) is 12.1 Å². The van der Waals surface area contributed by atoms with Gasteiger partial charge in [0.05, 0.1) is 17.8 Å². The molecule has 1 amide bonds. The Morgan fingerprint density at radius 1 is 1.15 bits per heavy atom. The summed E-state index contributed by atoms with van der Waals surface area (Å²) in [5.41, 5.74) is 7.59. The minimum Gasteiger partial charge on any atom is -0.477 e. The molecule has 3 heterocycles. The fourth-order valence-electron chi connectivity index (χ4n) is 5.14. The summed E-state index contributed by atoms with van der Waals surface area (Å²) in [5.74, 6) is -3.15. The van der Waals surface area contributed by atoms with E-state index in [2.05, 4.69) is 24.9 Å². The summed E-state index contributed by atoms with van der Waals surface area (Å²) in [6.07, 6.45) is -1.44. The first-order chi connectivity index (χ1) is 21.6. The van der Waals surface area contributed by atoms with Gasteiger partial charge in [-0.05, 0) is 81.0 Å². The Kier molecular flexibility index (Phi) is 9.73. The quantitative estimate of drug-likeness (QED) is 0.241. The van der Waals surface area contributed by atoms with Gasteiger partial charge in [-0.2, -0.15) is 5.10 Å². The highest BCUT2D eigenvalue weighted by molar-refractivity contribution is 5.96. The van der Waals surface area contributed by atoms with Crippen LogP contribution in [-0.2, 0) is 17.7 Å². The summed E-state index contributed by atoms with van der Waals surface area (Å²) in [6, 6.07) is 8.64. The fraction of sp³-hybridized carbons (Fsp3) is 0.323. The molecular weight excluding hydrogens is 647 g/mol. The van der Waals surface area contributed by atoms with Crippen LogP contribution < -0.4 is 20.5 Å². The fourth-order valence-corrected chi connectivity index (χ4v) is 5.14. The van der Waals surface area contributed by atoms with Crippen molar-refractivity contribution in [3.63, 3.8) is 0 Å². The standard InChI is InChI=1S/C23H23FN4O5.C8H7F2NO2.ClH/c1-11-12-7-8-16(14(12)6-5-13(11)22(32)33-23(2,3)4)27-20(29)18-9-17(21(30)31)26-19-15(24)10-25-28(18)19;9-8(10)12-6-2-1-5(4-11)3-7(6)13-8;/h5-6,9-10,16H,7-8H2,1-4H3,(H,27,29)(H,30,31);1-3H,4,11H2;1H/t16-;;/m0../s1. The number of aromatic nitrogens is 3. The van der Waals surface area contributed by atoms with Gasteiger partial charge in [0.15, 0.2) is 28.7 Å². The van der Waals surface area contributed by atoms with E-state index in [1.807, 2.05) is 6.92 Å². The van der Waals surface area contributed by atoms with Crippen molar-refractivity contribution in [2.45, 2.75) is 65.0 Å². The van der Waals surface area contributed by atoms with Crippen molar-refractivity contribution >= 4 is 35.9 Å². The van der Waals surface area contributed by atoms with Crippen LogP contribution >= 0.6 is 12.4 Å². The number of ether oxygens (including phenoxy) is 3. The molecular formula is C31H31ClF3N5O7. The summed E-state index contributed by atoms with van der Waals surface area (Å²) in [4.78, 5) is 40.7. The molecule has 0 spiro atoms. The maximum absolute atomic E-state index is 14.0. The summed E-state index contributed by atoms with van der Waals surface area (Å²) >= 11 is 0. The topological polar surface area (TPSA) is 167 Å². The molecule has 4 aromatic rings. The molecule has 12 nitrogen and oxygen atoms in total. The Hall–Kier alpha value is -4.89. The molecule has 4 N–H and O–H groups in total. The van der Waals surface area contributed by atoms with Gasteiger partial charge >= 0.3 is 18.2 Å². The van der Waals surface area contributed by atoms with Gasteiger partial charge < -0.3 is 30.4 Å². The van der Waals surface area contributed by atoms with Crippen LogP contribution in [0.4, 0.5) is 13.2 Å². The van der Waals surface area contributed by atoms with E-state index in [1.54, 1.807) is 39.0 Å². The Morgan fingerprint density at radius 2 is 1.85 bits per heavy atom. The Morgan fingerprint density at radius 3 is 2.51 bits per heavy atom. The van der Waals surface area contributed by atoms with Crippen molar-refractivity contribution in [3.8, 4) is 11.5 Å². The lowest BCUT2D eigenvalue weighted by atomic mass is 9.97. The summed E-state index contributed by atoms with van der Waals surface area (Å²) in [6.45, 7) is 7.53. The molecule has 0 radical (unpaired) electrons. The van der Waals surface area contributed by atoms with Crippen LogP contribution in [0.25, 0.3) is 5.65 Å². The van der Waals surface area contributed by atoms with Crippen LogP contribution in [0.2, 0.25) is 0 Å². The van der Waals surface area contributed by atoms with E-state index in [-0.39, 0.29) is 47.8 Å². The number of aromatic carboxylic acids is 1. The number of carboxylic acid groups (broad SMARTS) is 1. The molecule has 1 aliphatic carbocycles. The number of benzene rings is 2. The summed E-state index contributed by atoms with van der Waals surface area (Å²) < 4.78 is 53.9. The van der Waals surface area contributed by atoms with E-state index in [9.17, 15) is 32.7 Å². The van der Waals surface area contributed by atoms with Gasteiger partial charge in [0.25, 0.3) is 5.91 Å². The highest BCUT2D eigenvalue weighted by Gasteiger charge is 2.43. The smallest absolute Gasteiger partial charge is 0.477 e. The number of rotatable bonds is 5. The maximum atomic E-state index is 14.0. The highest BCUT2D eigenvalue weighted by Crippen LogP contribution is 2.41. The lowest BCUT2D eigenvalue weighted by molar-refractivity contribution is -0.286. The maximum Gasteiger partial charge on any atom is 0.586 e. The average Bonchev–Trinajstić information content (AvgIpc) is 3.65. The van der Waals surface area contributed by atoms with Gasteiger partial charge in [0, 0.05) is 12.6 Å². The Balaban J connectivity index is 0.000000298. The molecule has 0 unspecified atom stereocenters. The third-order valence-corrected chi connectivity index (χ3v) is 7.20. The monoisotopic (exact) mass is 677 g/mol. The van der Waals surface area contributed by atoms with Gasteiger partial charge in [-0.3, -0.25) is 4.79 Å². The van der Waals surface area contributed by atoms with Crippen molar-refractivity contribution < 1.29 is 46.9 Å². The van der Waals surface area contributed by atoms with E-state index in [0.717, 1.165) is 39.0 Å². The number of alkyl halides is 2. The van der Waals surface area contributed by atoms with Gasteiger partial charge in [0.2, 0.25) is 0 Å². The second-order valence-electron chi connectivity index (χ2n) is 11.6. The van der Waals surface area contributed by atoms with Crippen LogP contribution in [0.15, 0.2) is 42.6 Å². The lowest BCUT2D eigenvalue weighted by Crippen LogP contribution is -2.29. The molecule has 2 aromatic carbocycles. The van der Waals surface area contributed by atoms with Crippen LogP contribution in [-0.4, -0.2) is 49.4 Å². The molecule has 2 aromatic heterocycles. The zero-order valence-corrected chi connectivity index (χ0v) is 26.4. The third-order valence-electron chi connectivity index (χ3n) is 7.20. The molecule has 0 saturated heterocycles. The largest absolute Gasteiger partial charge is 0.586 e. The number of halogens is 4. The second kappa shape index (κ2) is 13.1. The zero-order valence-electron chi connectivity index (χ0n) is 25.6. The number of carbonyl (C=O) groups is 3. The van der Waals surface area contributed by atoms with Gasteiger partial charge in [0.1, 0.15) is 11.3 Å². The van der Waals surface area contributed by atoms with E-state index < -0.39 is 41.3 Å². The Bertz CT molecular complexity index is 1880. The first-order valence-corrected chi connectivity index (χ1v) is 14.1. The predicted molar refractivity (Wildman–Crippen MR) is 163 cm³/mol. The molecule has 250 valence electrons. The van der Waals surface area contributed by atoms with Crippen molar-refractivity contribution in [1.82, 2.24) is 19.9 Å². The Labute approximate surface area is 272 Å². The average molecular weight is 678 g/mol. The number of amides is 1. The number of hydrogen-bond acceptors (Lipinski definition) is 9. The number of nitrogens with zero attached hydrogens (tertiary/aromatic N) is 3. The normalized spacial score (nSPS) is 15.6. The number of carbonyl (C=O) groups excluding carboxylic acids is 2. The molecule has 47 heavy (non-hydrogen) atoms. The molecule has 0 fully saturated rings. The zero-order chi connectivity index (χ0) is 33.6. The number of nitrogens with two attached hydrogens (primary N) is 1. The number of nitrogens with one attached hydrogen (secondary N) is 1. The number of esters is 1. The molecule has 1 atom stereocenters. The first-order valence-electron chi connectivity index (χ1n) is 14.1. The number of hydrogen-bond donors (Lipinski definition) is 3. The summed E-state index contributed by atoms with van der Waals surface area (Å²) in [7, 11) is 0. The van der Waals surface area contributed by atoms with E-state index in [4.69, 9.17) is 10.5 Å². The third kappa shape index (κ3) is 7.41. The number of carboxylic acids is 1. The molecule has 6 rings (SSSR count). The van der Waals surface area contributed by atoms with Crippen LogP contribution in [0.5, 0.6) is 11.5 Å². The van der Waals surface area contributed by atoms with Gasteiger partial charge in [-0.15, -0.1) is 21.2 Å². The molecule has 16 heteroatoms. The minimum atomic E-state index is -3.55. The second-order valence-corrected chi connectivity index (χ2v) is 11.6. The van der Waals surface area contributed by atoms with E-state index in [0.29, 0.717) is 18.4 Å². The van der Waals surface area contributed by atoms with Crippen molar-refractivity contribution in [2.75, 3.05) is 0 Å². The molecule has 0 saturated carbocycles. The van der Waals surface area contributed by atoms with Gasteiger partial charge in [-0.1, -0.05) is 12.1 Å². The van der Waals surface area contributed by atoms with Crippen molar-refractivity contribution in [3.05, 3.63) is 87.6 Å². The van der Waals surface area contributed by atoms with E-state index >= 15 is 0 Å². The summed E-state index contributed by atoms with van der Waals surface area (Å²) in [5, 5.41) is 16.0. The number of fused-ring (bicyclic) bond motifs is 3. The van der Waals surface area contributed by atoms with Crippen LogP contribution in [0.1, 0.15) is 86.8 Å². The SMILES string of the molecule is Cc1c(C(=O)OC(C)(C)C)ccc2c1CC[C@@H]2NC(=O)c1cc(C(=O)O)nc2c(F)cnn12.Cl.NCc1ccc2c(c1)OC(F)(F)O2. The predicted octanol–water partition coefficient (Wildman–Crippen LogP) is 5.14. The van der Waals surface area contributed by atoms with Gasteiger partial charge in [-0.25, -0.2) is 23.5 Å². The van der Waals surface area contributed by atoms with Crippen molar-refractivity contribution in [1.29, 1.82) is 0 Å².